The summed E-state index contributed by atoms with van der Waals surface area (Å²) >= 11 is 0. The molecule has 0 unspecified atom stereocenters. The second-order valence-corrected chi connectivity index (χ2v) is 9.96. The maximum absolute atomic E-state index is 12.3. The third kappa shape index (κ3) is 3.35. The molecule has 0 saturated heterocycles. The Hall–Kier alpha value is -1.36. The molecule has 1 aromatic carbocycles. The number of hydrogen-bond acceptors (Lipinski definition) is 4. The van der Waals surface area contributed by atoms with Crippen molar-refractivity contribution in [2.45, 2.75) is 45.4 Å². The maximum atomic E-state index is 12.3. The molecular formula is C17H24O4S. The minimum Gasteiger partial charge on any atom is -0.492 e. The lowest BCUT2D eigenvalue weighted by molar-refractivity contribution is 0.102. The Kier molecular flexibility index (Phi) is 3.93. The van der Waals surface area contributed by atoms with Gasteiger partial charge in [-0.2, -0.15) is 0 Å². The van der Waals surface area contributed by atoms with Crippen LogP contribution in [0.4, 0.5) is 0 Å². The molecule has 1 aliphatic heterocycles. The van der Waals surface area contributed by atoms with E-state index in [2.05, 4.69) is 34.6 Å². The summed E-state index contributed by atoms with van der Waals surface area (Å²) in [7, 11) is -3.34. The van der Waals surface area contributed by atoms with Gasteiger partial charge in [0, 0.05) is 28.4 Å². The molecule has 1 aromatic rings. The van der Waals surface area contributed by atoms with E-state index in [4.69, 9.17) is 4.74 Å². The Labute approximate surface area is 132 Å². The summed E-state index contributed by atoms with van der Waals surface area (Å²) in [5.41, 5.74) is 2.01. The maximum Gasteiger partial charge on any atom is 0.177 e. The van der Waals surface area contributed by atoms with Gasteiger partial charge in [0.05, 0.1) is 6.61 Å². The first-order valence-electron chi connectivity index (χ1n) is 7.34. The highest BCUT2D eigenvalue weighted by atomic mass is 32.2. The average Bonchev–Trinajstić information content (AvgIpc) is 2.61. The highest BCUT2D eigenvalue weighted by molar-refractivity contribution is 7.91. The molecule has 0 amide bonds. The lowest BCUT2D eigenvalue weighted by Gasteiger charge is -2.24. The molecule has 1 aliphatic rings. The monoisotopic (exact) mass is 324 g/mol. The van der Waals surface area contributed by atoms with Gasteiger partial charge in [0.15, 0.2) is 15.6 Å². The predicted octanol–water partition coefficient (Wildman–Crippen LogP) is 2.88. The third-order valence-electron chi connectivity index (χ3n) is 3.92. The van der Waals surface area contributed by atoms with Gasteiger partial charge in [0.25, 0.3) is 0 Å². The number of benzene rings is 1. The van der Waals surface area contributed by atoms with Crippen molar-refractivity contribution in [3.05, 3.63) is 28.8 Å². The zero-order valence-electron chi connectivity index (χ0n) is 14.1. The molecule has 2 rings (SSSR count). The minimum atomic E-state index is -3.34. The van der Waals surface area contributed by atoms with Crippen LogP contribution in [-0.2, 0) is 20.7 Å². The van der Waals surface area contributed by atoms with Gasteiger partial charge in [0.1, 0.15) is 11.5 Å². The number of sulfone groups is 1. The summed E-state index contributed by atoms with van der Waals surface area (Å²) in [4.78, 5) is 12.3. The lowest BCUT2D eigenvalue weighted by atomic mass is 9.79. The van der Waals surface area contributed by atoms with Crippen molar-refractivity contribution < 1.29 is 17.9 Å². The molecule has 1 heterocycles. The van der Waals surface area contributed by atoms with E-state index in [9.17, 15) is 13.2 Å². The van der Waals surface area contributed by atoms with E-state index in [1.165, 1.54) is 0 Å². The molecule has 0 fully saturated rings. The van der Waals surface area contributed by atoms with Crippen LogP contribution in [0.2, 0.25) is 0 Å². The molecule has 0 N–H and O–H groups in total. The summed E-state index contributed by atoms with van der Waals surface area (Å²) in [5, 5.41) is 0. The summed E-state index contributed by atoms with van der Waals surface area (Å²) in [6, 6.07) is 3.58. The van der Waals surface area contributed by atoms with Gasteiger partial charge in [-0.15, -0.1) is 0 Å². The molecule has 5 heteroatoms. The number of Topliss-reactive ketones (excluding diaryl/α,β-unsaturated/α-hetero) is 1. The van der Waals surface area contributed by atoms with Crippen LogP contribution in [0.15, 0.2) is 12.1 Å². The zero-order chi connectivity index (χ0) is 16.9. The number of hydrogen-bond donors (Lipinski definition) is 0. The molecule has 0 spiro atoms. The molecule has 0 bridgehead atoms. The van der Waals surface area contributed by atoms with Gasteiger partial charge < -0.3 is 4.74 Å². The van der Waals surface area contributed by atoms with Gasteiger partial charge >= 0.3 is 0 Å². The van der Waals surface area contributed by atoms with Crippen LogP contribution in [-0.4, -0.2) is 32.8 Å². The molecule has 4 nitrogen and oxygen atoms in total. The number of ketones is 1. The van der Waals surface area contributed by atoms with Gasteiger partial charge in [0.2, 0.25) is 0 Å². The van der Waals surface area contributed by atoms with Crippen LogP contribution in [0, 0.1) is 0 Å². The van der Waals surface area contributed by atoms with Crippen molar-refractivity contribution in [3.63, 3.8) is 0 Å². The fourth-order valence-corrected chi connectivity index (χ4v) is 3.30. The highest BCUT2D eigenvalue weighted by Crippen LogP contribution is 2.45. The first-order chi connectivity index (χ1) is 9.81. The first kappa shape index (κ1) is 17.0. The van der Waals surface area contributed by atoms with Gasteiger partial charge in [-0.3, -0.25) is 4.79 Å². The molecule has 0 radical (unpaired) electrons. The summed E-state index contributed by atoms with van der Waals surface area (Å²) in [6.45, 7) is 10.9. The molecule has 0 aromatic heterocycles. The molecule has 22 heavy (non-hydrogen) atoms. The van der Waals surface area contributed by atoms with Crippen molar-refractivity contribution in [3.8, 4) is 5.75 Å². The molecule has 0 atom stereocenters. The molecule has 122 valence electrons. The van der Waals surface area contributed by atoms with Crippen molar-refractivity contribution >= 4 is 15.6 Å². The van der Waals surface area contributed by atoms with Crippen LogP contribution in [0.1, 0.15) is 56.1 Å². The molecular weight excluding hydrogens is 300 g/mol. The normalized spacial score (nSPS) is 17.0. The SMILES string of the molecule is CC(C)(C)c1cc(C(=O)CS(C)(=O)=O)cc2c1OCC2(C)C. The second kappa shape index (κ2) is 5.08. The number of carbonyl (C=O) groups excluding carboxylic acids is 1. The topological polar surface area (TPSA) is 60.4 Å². The van der Waals surface area contributed by atoms with Crippen LogP contribution in [0.5, 0.6) is 5.75 Å². The fourth-order valence-electron chi connectivity index (χ4n) is 2.66. The second-order valence-electron chi connectivity index (χ2n) is 7.82. The van der Waals surface area contributed by atoms with E-state index in [-0.39, 0.29) is 16.6 Å². The van der Waals surface area contributed by atoms with Gasteiger partial charge in [-0.05, 0) is 17.5 Å². The van der Waals surface area contributed by atoms with Crippen molar-refractivity contribution in [1.29, 1.82) is 0 Å². The first-order valence-corrected chi connectivity index (χ1v) is 9.40. The zero-order valence-corrected chi connectivity index (χ0v) is 14.9. The van der Waals surface area contributed by atoms with Crippen LogP contribution in [0.25, 0.3) is 0 Å². The van der Waals surface area contributed by atoms with Crippen molar-refractivity contribution in [1.82, 2.24) is 0 Å². The Balaban J connectivity index is 2.62. The van der Waals surface area contributed by atoms with Crippen LogP contribution >= 0.6 is 0 Å². The summed E-state index contributed by atoms with van der Waals surface area (Å²) in [5.74, 6) is 0.0170. The Bertz CT molecular complexity index is 722. The average molecular weight is 324 g/mol. The van der Waals surface area contributed by atoms with Crippen LogP contribution in [0.3, 0.4) is 0 Å². The predicted molar refractivity (Wildman–Crippen MR) is 87.7 cm³/mol. The van der Waals surface area contributed by atoms with E-state index in [1.807, 2.05) is 0 Å². The summed E-state index contributed by atoms with van der Waals surface area (Å²) in [6.07, 6.45) is 1.08. The Morgan fingerprint density at radius 2 is 1.86 bits per heavy atom. The van der Waals surface area contributed by atoms with E-state index in [0.29, 0.717) is 12.2 Å². The quantitative estimate of drug-likeness (QED) is 0.802. The number of rotatable bonds is 3. The van der Waals surface area contributed by atoms with Gasteiger partial charge in [-0.1, -0.05) is 34.6 Å². The minimum absolute atomic E-state index is 0.184. The molecule has 0 aliphatic carbocycles. The number of ether oxygens (including phenoxy) is 1. The number of fused-ring (bicyclic) bond motifs is 1. The van der Waals surface area contributed by atoms with Crippen molar-refractivity contribution in [2.75, 3.05) is 18.6 Å². The highest BCUT2D eigenvalue weighted by Gasteiger charge is 2.37. The molecule has 0 saturated carbocycles. The van der Waals surface area contributed by atoms with Crippen molar-refractivity contribution in [2.24, 2.45) is 0 Å². The standard InChI is InChI=1S/C17H24O4S/c1-16(2,3)12-7-11(14(18)9-22(6,19)20)8-13-15(12)21-10-17(13,4)5/h7-8H,9-10H2,1-6H3. The van der Waals surface area contributed by atoms with E-state index >= 15 is 0 Å². The van der Waals surface area contributed by atoms with Crippen LogP contribution < -0.4 is 4.74 Å². The summed E-state index contributed by atoms with van der Waals surface area (Å²) < 4.78 is 28.7. The van der Waals surface area contributed by atoms with E-state index in [1.54, 1.807) is 12.1 Å². The van der Waals surface area contributed by atoms with E-state index < -0.39 is 15.6 Å². The van der Waals surface area contributed by atoms with Gasteiger partial charge in [-0.25, -0.2) is 8.42 Å². The lowest BCUT2D eigenvalue weighted by Crippen LogP contribution is -2.20. The number of carbonyl (C=O) groups is 1. The Morgan fingerprint density at radius 1 is 1.27 bits per heavy atom. The Morgan fingerprint density at radius 3 is 2.36 bits per heavy atom. The largest absolute Gasteiger partial charge is 0.492 e. The van der Waals surface area contributed by atoms with E-state index in [0.717, 1.165) is 23.1 Å². The smallest absolute Gasteiger partial charge is 0.177 e. The third-order valence-corrected chi connectivity index (χ3v) is 4.71. The fraction of sp³-hybridized carbons (Fsp3) is 0.588.